The number of nitrogens with zero attached hydrogens (tertiary/aromatic N) is 3. The summed E-state index contributed by atoms with van der Waals surface area (Å²) < 4.78 is 5.77. The number of hydrogen-bond donors (Lipinski definition) is 1. The van der Waals surface area contributed by atoms with Crippen molar-refractivity contribution < 1.29 is 19.4 Å². The first-order chi connectivity index (χ1) is 15.2. The number of aliphatic hydroxyl groups is 1. The van der Waals surface area contributed by atoms with E-state index in [0.29, 0.717) is 36.9 Å². The lowest BCUT2D eigenvalue weighted by atomic mass is 9.94. The van der Waals surface area contributed by atoms with Crippen molar-refractivity contribution in [3.05, 3.63) is 65.0 Å². The summed E-state index contributed by atoms with van der Waals surface area (Å²) in [5.41, 5.74) is 2.09. The first-order valence-corrected chi connectivity index (χ1v) is 10.8. The molecular formula is C25H31N3O4. The van der Waals surface area contributed by atoms with Crippen molar-refractivity contribution in [3.8, 4) is 5.75 Å². The van der Waals surface area contributed by atoms with Crippen molar-refractivity contribution in [2.45, 2.75) is 26.8 Å². The molecule has 0 radical (unpaired) electrons. The van der Waals surface area contributed by atoms with E-state index in [9.17, 15) is 14.7 Å². The number of hydrogen-bond acceptors (Lipinski definition) is 6. The maximum absolute atomic E-state index is 13.1. The van der Waals surface area contributed by atoms with E-state index in [1.165, 1.54) is 4.90 Å². The van der Waals surface area contributed by atoms with Gasteiger partial charge in [-0.3, -0.25) is 14.6 Å². The topological polar surface area (TPSA) is 83.0 Å². The summed E-state index contributed by atoms with van der Waals surface area (Å²) in [6.45, 7) is 7.53. The lowest BCUT2D eigenvalue weighted by Gasteiger charge is -2.26. The number of carbonyl (C=O) groups is 2. The number of likely N-dealkylation sites (N-methyl/N-ethyl adjacent to an activating group) is 1. The van der Waals surface area contributed by atoms with Gasteiger partial charge in [0.15, 0.2) is 0 Å². The van der Waals surface area contributed by atoms with E-state index in [1.54, 1.807) is 36.7 Å². The Bertz CT molecular complexity index is 1020. The van der Waals surface area contributed by atoms with E-state index in [2.05, 4.69) is 18.8 Å². The normalized spacial score (nSPS) is 18.1. The van der Waals surface area contributed by atoms with Gasteiger partial charge in [0, 0.05) is 31.0 Å². The van der Waals surface area contributed by atoms with E-state index in [4.69, 9.17) is 4.74 Å². The Morgan fingerprint density at radius 3 is 2.47 bits per heavy atom. The second-order valence-corrected chi connectivity index (χ2v) is 8.76. The summed E-state index contributed by atoms with van der Waals surface area (Å²) in [4.78, 5) is 33.5. The predicted octanol–water partition coefficient (Wildman–Crippen LogP) is 3.41. The second kappa shape index (κ2) is 9.96. The minimum atomic E-state index is -0.678. The average molecular weight is 438 g/mol. The van der Waals surface area contributed by atoms with E-state index in [0.717, 1.165) is 11.1 Å². The molecule has 0 unspecified atom stereocenters. The monoisotopic (exact) mass is 437 g/mol. The second-order valence-electron chi connectivity index (χ2n) is 8.76. The van der Waals surface area contributed by atoms with Gasteiger partial charge in [0.2, 0.25) is 0 Å². The zero-order valence-corrected chi connectivity index (χ0v) is 19.3. The van der Waals surface area contributed by atoms with Crippen LogP contribution < -0.4 is 4.74 Å². The maximum Gasteiger partial charge on any atom is 0.295 e. The maximum atomic E-state index is 13.1. The molecule has 1 N–H and O–H groups in total. The fraction of sp³-hybridized carbons (Fsp3) is 0.400. The molecule has 7 heteroatoms. The molecule has 1 aromatic carbocycles. The van der Waals surface area contributed by atoms with E-state index < -0.39 is 17.7 Å². The standard InChI is InChI=1S/C25H31N3O4/c1-16(2)15-32-19-6-7-20(17(3)14-19)23(29)21-22(18-8-10-26-11-9-18)28(13-12-27(4)5)25(31)24(21)30/h6-11,14,16,22,29H,12-13,15H2,1-5H3/b23-21+/t22-/m1/s1. The zero-order valence-electron chi connectivity index (χ0n) is 19.3. The van der Waals surface area contributed by atoms with Crippen LogP contribution in [0.25, 0.3) is 5.76 Å². The number of aryl methyl sites for hydroxylation is 1. The van der Waals surface area contributed by atoms with Gasteiger partial charge in [0.25, 0.3) is 11.7 Å². The van der Waals surface area contributed by atoms with Crippen molar-refractivity contribution in [1.29, 1.82) is 0 Å². The SMILES string of the molecule is Cc1cc(OCC(C)C)ccc1/C(O)=C1\C(=O)C(=O)N(CCN(C)C)[C@@H]1c1ccncc1. The molecule has 7 nitrogen and oxygen atoms in total. The molecular weight excluding hydrogens is 406 g/mol. The summed E-state index contributed by atoms with van der Waals surface area (Å²) in [7, 11) is 3.81. The van der Waals surface area contributed by atoms with Crippen LogP contribution in [-0.2, 0) is 9.59 Å². The molecule has 32 heavy (non-hydrogen) atoms. The van der Waals surface area contributed by atoms with Crippen LogP contribution in [-0.4, -0.2) is 65.4 Å². The van der Waals surface area contributed by atoms with Gasteiger partial charge in [-0.2, -0.15) is 0 Å². The molecule has 2 aromatic rings. The third kappa shape index (κ3) is 4.99. The van der Waals surface area contributed by atoms with Crippen molar-refractivity contribution in [1.82, 2.24) is 14.8 Å². The van der Waals surface area contributed by atoms with Gasteiger partial charge in [-0.05, 0) is 68.4 Å². The van der Waals surface area contributed by atoms with Gasteiger partial charge >= 0.3 is 0 Å². The van der Waals surface area contributed by atoms with Crippen LogP contribution in [0.1, 0.15) is 36.6 Å². The molecule has 1 atom stereocenters. The average Bonchev–Trinajstić information content (AvgIpc) is 3.01. The number of ether oxygens (including phenoxy) is 1. The number of aromatic nitrogens is 1. The van der Waals surface area contributed by atoms with Crippen molar-refractivity contribution in [2.24, 2.45) is 5.92 Å². The molecule has 1 fully saturated rings. The number of amides is 1. The van der Waals surface area contributed by atoms with Gasteiger partial charge in [-0.25, -0.2) is 0 Å². The number of benzene rings is 1. The Labute approximate surface area is 189 Å². The van der Waals surface area contributed by atoms with Crippen LogP contribution in [0.4, 0.5) is 0 Å². The molecule has 2 heterocycles. The molecule has 0 aliphatic carbocycles. The first-order valence-electron chi connectivity index (χ1n) is 10.8. The summed E-state index contributed by atoms with van der Waals surface area (Å²) >= 11 is 0. The molecule has 1 saturated heterocycles. The molecule has 0 saturated carbocycles. The third-order valence-electron chi connectivity index (χ3n) is 5.39. The summed E-state index contributed by atoms with van der Waals surface area (Å²) in [5.74, 6) is -0.371. The van der Waals surface area contributed by atoms with Crippen molar-refractivity contribution in [3.63, 3.8) is 0 Å². The van der Waals surface area contributed by atoms with Gasteiger partial charge in [0.1, 0.15) is 11.5 Å². The molecule has 0 bridgehead atoms. The van der Waals surface area contributed by atoms with Crippen molar-refractivity contribution >= 4 is 17.4 Å². The van der Waals surface area contributed by atoms with Crippen LogP contribution >= 0.6 is 0 Å². The lowest BCUT2D eigenvalue weighted by Crippen LogP contribution is -2.35. The van der Waals surface area contributed by atoms with Gasteiger partial charge in [0.05, 0.1) is 18.2 Å². The van der Waals surface area contributed by atoms with Crippen LogP contribution in [0.3, 0.4) is 0 Å². The van der Waals surface area contributed by atoms with Crippen LogP contribution in [0.15, 0.2) is 48.3 Å². The van der Waals surface area contributed by atoms with Crippen molar-refractivity contribution in [2.75, 3.05) is 33.8 Å². The fourth-order valence-electron chi connectivity index (χ4n) is 3.71. The Morgan fingerprint density at radius 1 is 1.19 bits per heavy atom. The molecule has 1 aliphatic heterocycles. The highest BCUT2D eigenvalue weighted by atomic mass is 16.5. The molecule has 0 spiro atoms. The van der Waals surface area contributed by atoms with Crippen LogP contribution in [0.5, 0.6) is 5.75 Å². The van der Waals surface area contributed by atoms with Crippen LogP contribution in [0.2, 0.25) is 0 Å². The molecule has 1 amide bonds. The number of pyridine rings is 1. The quantitative estimate of drug-likeness (QED) is 0.387. The van der Waals surface area contributed by atoms with Gasteiger partial charge in [-0.1, -0.05) is 13.8 Å². The number of likely N-dealkylation sites (tertiary alicyclic amines) is 1. The largest absolute Gasteiger partial charge is 0.507 e. The number of aliphatic hydroxyl groups excluding tert-OH is 1. The number of Topliss-reactive ketones (excluding diaryl/α,β-unsaturated/α-hetero) is 1. The smallest absolute Gasteiger partial charge is 0.295 e. The highest BCUT2D eigenvalue weighted by molar-refractivity contribution is 6.46. The number of carbonyl (C=O) groups excluding carboxylic acids is 2. The first kappa shape index (κ1) is 23.5. The third-order valence-corrected chi connectivity index (χ3v) is 5.39. The molecule has 170 valence electrons. The highest BCUT2D eigenvalue weighted by Crippen LogP contribution is 2.39. The van der Waals surface area contributed by atoms with E-state index >= 15 is 0 Å². The summed E-state index contributed by atoms with van der Waals surface area (Å²) in [6, 6.07) is 8.20. The van der Waals surface area contributed by atoms with E-state index in [-0.39, 0.29) is 11.3 Å². The summed E-state index contributed by atoms with van der Waals surface area (Å²) in [6.07, 6.45) is 3.24. The summed E-state index contributed by atoms with van der Waals surface area (Å²) in [5, 5.41) is 11.2. The molecule has 1 aliphatic rings. The Hall–Kier alpha value is -3.19. The Morgan fingerprint density at radius 2 is 1.88 bits per heavy atom. The van der Waals surface area contributed by atoms with E-state index in [1.807, 2.05) is 32.0 Å². The number of rotatable bonds is 8. The lowest BCUT2D eigenvalue weighted by molar-refractivity contribution is -0.140. The Balaban J connectivity index is 2.06. The van der Waals surface area contributed by atoms with Crippen LogP contribution in [0, 0.1) is 12.8 Å². The highest BCUT2D eigenvalue weighted by Gasteiger charge is 2.46. The zero-order chi connectivity index (χ0) is 23.4. The van der Waals surface area contributed by atoms with Gasteiger partial charge in [-0.15, -0.1) is 0 Å². The number of ketones is 1. The Kier molecular flexibility index (Phi) is 7.30. The minimum Gasteiger partial charge on any atom is -0.507 e. The molecule has 3 rings (SSSR count). The molecule has 1 aromatic heterocycles. The van der Waals surface area contributed by atoms with Gasteiger partial charge < -0.3 is 19.6 Å². The fourth-order valence-corrected chi connectivity index (χ4v) is 3.71. The minimum absolute atomic E-state index is 0.0962. The predicted molar refractivity (Wildman–Crippen MR) is 123 cm³/mol.